The van der Waals surface area contributed by atoms with Crippen LogP contribution in [-0.2, 0) is 11.3 Å². The summed E-state index contributed by atoms with van der Waals surface area (Å²) in [5.74, 6) is 6.98. The van der Waals surface area contributed by atoms with Gasteiger partial charge in [-0.15, -0.1) is 11.8 Å². The predicted octanol–water partition coefficient (Wildman–Crippen LogP) is 7.44. The fraction of sp³-hybridized carbons (Fsp3) is 0.459. The molecular formula is C37H48FN5O. The molecule has 4 rings (SSSR count). The van der Waals surface area contributed by atoms with Gasteiger partial charge in [0.15, 0.2) is 0 Å². The molecule has 2 aromatic carbocycles. The molecule has 1 aliphatic rings. The molecule has 1 amide bonds. The van der Waals surface area contributed by atoms with E-state index in [4.69, 9.17) is 5.10 Å². The number of nitrogens with zero attached hydrogens (tertiary/aromatic N) is 5. The number of unbranched alkanes of at least 4 members (excludes halogenated alkanes) is 1. The van der Waals surface area contributed by atoms with Crippen molar-refractivity contribution in [2.24, 2.45) is 0 Å². The third-order valence-corrected chi connectivity index (χ3v) is 8.54. The summed E-state index contributed by atoms with van der Waals surface area (Å²) in [7, 11) is 1.82. The first-order valence-electron chi connectivity index (χ1n) is 16.1. The summed E-state index contributed by atoms with van der Waals surface area (Å²) in [5.41, 5.74) is 4.87. The van der Waals surface area contributed by atoms with Gasteiger partial charge in [0.25, 0.3) is 0 Å². The van der Waals surface area contributed by atoms with E-state index in [0.29, 0.717) is 0 Å². The largest absolute Gasteiger partial charge is 0.355 e. The summed E-state index contributed by atoms with van der Waals surface area (Å²) < 4.78 is 16.0. The standard InChI is InChI=1S/C37H48FN5O/c1-6-9-12-24-41(8-3)25-13-14-26-42-27-28-43-37(42)35(36(39-43)31-18-21-32(38)22-19-31)30(15-7-2)20-23-34(44)40(5)33-17-11-10-16-29(33)4/h10-11,16-23,30H,7-8,12-15,24-28H2,1-5H3/b23-20-. The van der Waals surface area contributed by atoms with Crippen molar-refractivity contribution < 1.29 is 9.18 Å². The van der Waals surface area contributed by atoms with E-state index in [0.717, 1.165) is 105 Å². The molecule has 3 aromatic rings. The molecule has 2 heterocycles. The molecule has 1 aromatic heterocycles. The maximum absolute atomic E-state index is 13.9. The number of para-hydroxylation sites is 1. The van der Waals surface area contributed by atoms with Crippen molar-refractivity contribution in [3.63, 3.8) is 0 Å². The summed E-state index contributed by atoms with van der Waals surface area (Å²) in [4.78, 5) is 20.0. The Balaban J connectivity index is 1.59. The maximum Gasteiger partial charge on any atom is 0.250 e. The molecule has 234 valence electrons. The van der Waals surface area contributed by atoms with E-state index >= 15 is 0 Å². The summed E-state index contributed by atoms with van der Waals surface area (Å²) >= 11 is 0. The van der Waals surface area contributed by atoms with Crippen LogP contribution in [-0.4, -0.2) is 60.4 Å². The van der Waals surface area contributed by atoms with Gasteiger partial charge in [0.2, 0.25) is 5.91 Å². The van der Waals surface area contributed by atoms with Crippen LogP contribution in [0.15, 0.2) is 60.7 Å². The molecule has 1 atom stereocenters. The number of hydrogen-bond donors (Lipinski definition) is 0. The molecule has 1 unspecified atom stereocenters. The lowest BCUT2D eigenvalue weighted by atomic mass is 9.90. The fourth-order valence-corrected chi connectivity index (χ4v) is 6.08. The van der Waals surface area contributed by atoms with Gasteiger partial charge in [0, 0.05) is 61.9 Å². The molecule has 0 bridgehead atoms. The van der Waals surface area contributed by atoms with E-state index in [-0.39, 0.29) is 17.6 Å². The molecule has 0 spiro atoms. The number of rotatable bonds is 15. The molecule has 6 nitrogen and oxygen atoms in total. The number of aromatic nitrogens is 2. The van der Waals surface area contributed by atoms with Crippen LogP contribution in [0.25, 0.3) is 11.3 Å². The van der Waals surface area contributed by atoms with Crippen LogP contribution in [0.5, 0.6) is 0 Å². The Morgan fingerprint density at radius 3 is 2.57 bits per heavy atom. The first kappa shape index (κ1) is 33.0. The van der Waals surface area contributed by atoms with E-state index in [2.05, 4.69) is 46.2 Å². The van der Waals surface area contributed by atoms with Crippen molar-refractivity contribution in [3.8, 4) is 23.1 Å². The van der Waals surface area contributed by atoms with Gasteiger partial charge in [-0.3, -0.25) is 4.79 Å². The van der Waals surface area contributed by atoms with Gasteiger partial charge in [0.05, 0.1) is 12.2 Å². The highest BCUT2D eigenvalue weighted by Gasteiger charge is 2.31. The first-order chi connectivity index (χ1) is 21.4. The zero-order valence-electron chi connectivity index (χ0n) is 27.2. The lowest BCUT2D eigenvalue weighted by Crippen LogP contribution is -2.27. The van der Waals surface area contributed by atoms with E-state index in [1.54, 1.807) is 11.0 Å². The molecule has 0 fully saturated rings. The predicted molar refractivity (Wildman–Crippen MR) is 181 cm³/mol. The monoisotopic (exact) mass is 597 g/mol. The average molecular weight is 598 g/mol. The van der Waals surface area contributed by atoms with E-state index < -0.39 is 0 Å². The van der Waals surface area contributed by atoms with Crippen LogP contribution >= 0.6 is 0 Å². The van der Waals surface area contributed by atoms with Crippen molar-refractivity contribution in [1.29, 1.82) is 0 Å². The average Bonchev–Trinajstić information content (AvgIpc) is 3.60. The number of likely N-dealkylation sites (N-methyl/N-ethyl adjacent to an activating group) is 1. The zero-order valence-corrected chi connectivity index (χ0v) is 27.2. The van der Waals surface area contributed by atoms with Crippen molar-refractivity contribution in [2.75, 3.05) is 49.6 Å². The Bertz CT molecular complexity index is 1470. The number of fused-ring (bicyclic) bond motifs is 1. The Labute approximate surface area is 263 Å². The Morgan fingerprint density at radius 1 is 1.09 bits per heavy atom. The Kier molecular flexibility index (Phi) is 12.2. The fourth-order valence-electron chi connectivity index (χ4n) is 6.08. The van der Waals surface area contributed by atoms with Crippen LogP contribution < -0.4 is 9.80 Å². The van der Waals surface area contributed by atoms with Crippen LogP contribution in [0.4, 0.5) is 15.9 Å². The van der Waals surface area contributed by atoms with Crippen LogP contribution in [0.1, 0.15) is 69.9 Å². The number of aryl methyl sites for hydroxylation is 1. The quantitative estimate of drug-likeness (QED) is 0.104. The molecule has 0 aliphatic carbocycles. The van der Waals surface area contributed by atoms with Gasteiger partial charge in [-0.05, 0) is 82.1 Å². The van der Waals surface area contributed by atoms with E-state index in [9.17, 15) is 9.18 Å². The third kappa shape index (κ3) is 8.18. The second kappa shape index (κ2) is 16.3. The minimum Gasteiger partial charge on any atom is -0.355 e. The van der Waals surface area contributed by atoms with Crippen molar-refractivity contribution in [2.45, 2.75) is 72.3 Å². The number of anilines is 2. The maximum atomic E-state index is 13.9. The summed E-state index contributed by atoms with van der Waals surface area (Å²) in [6, 6.07) is 14.5. The second-order valence-electron chi connectivity index (χ2n) is 11.6. The molecule has 0 saturated heterocycles. The van der Waals surface area contributed by atoms with E-state index in [1.165, 1.54) is 12.1 Å². The first-order valence-corrected chi connectivity index (χ1v) is 16.1. The van der Waals surface area contributed by atoms with Crippen LogP contribution in [0.2, 0.25) is 0 Å². The summed E-state index contributed by atoms with van der Waals surface area (Å²) in [5, 5.41) is 5.08. The molecule has 0 N–H and O–H groups in total. The van der Waals surface area contributed by atoms with Gasteiger partial charge >= 0.3 is 0 Å². The number of benzene rings is 2. The van der Waals surface area contributed by atoms with Gasteiger partial charge in [0.1, 0.15) is 11.6 Å². The minimum absolute atomic E-state index is 0.00567. The second-order valence-corrected chi connectivity index (χ2v) is 11.6. The number of carbonyl (C=O) groups excluding carboxylic acids is 1. The third-order valence-electron chi connectivity index (χ3n) is 8.54. The number of amides is 1. The van der Waals surface area contributed by atoms with Crippen LogP contribution in [0.3, 0.4) is 0 Å². The lowest BCUT2D eigenvalue weighted by molar-refractivity contribution is -0.113. The van der Waals surface area contributed by atoms with Crippen molar-refractivity contribution >= 4 is 17.4 Å². The molecule has 1 aliphatic heterocycles. The number of allylic oxidation sites excluding steroid dienone is 1. The molecule has 7 heteroatoms. The number of hydrogen-bond acceptors (Lipinski definition) is 4. The molecular weight excluding hydrogens is 549 g/mol. The highest BCUT2D eigenvalue weighted by Crippen LogP contribution is 2.41. The summed E-state index contributed by atoms with van der Waals surface area (Å²) in [6.45, 7) is 14.1. The highest BCUT2D eigenvalue weighted by atomic mass is 19.1. The molecule has 0 radical (unpaired) electrons. The number of carbonyl (C=O) groups is 1. The lowest BCUT2D eigenvalue weighted by Gasteiger charge is -2.24. The van der Waals surface area contributed by atoms with Gasteiger partial charge in [-0.1, -0.05) is 44.5 Å². The summed E-state index contributed by atoms with van der Waals surface area (Å²) in [6.07, 6.45) is 8.73. The topological polar surface area (TPSA) is 44.6 Å². The van der Waals surface area contributed by atoms with Crippen molar-refractivity contribution in [3.05, 3.63) is 77.6 Å². The van der Waals surface area contributed by atoms with Gasteiger partial charge in [-0.2, -0.15) is 5.10 Å². The highest BCUT2D eigenvalue weighted by molar-refractivity contribution is 6.01. The minimum atomic E-state index is -0.263. The van der Waals surface area contributed by atoms with Crippen molar-refractivity contribution in [1.82, 2.24) is 14.7 Å². The van der Waals surface area contributed by atoms with Gasteiger partial charge in [-0.25, -0.2) is 9.07 Å². The van der Waals surface area contributed by atoms with Crippen LogP contribution in [0, 0.1) is 24.6 Å². The zero-order chi connectivity index (χ0) is 31.5. The van der Waals surface area contributed by atoms with E-state index in [1.807, 2.05) is 57.3 Å². The molecule has 44 heavy (non-hydrogen) atoms. The smallest absolute Gasteiger partial charge is 0.250 e. The number of halogens is 1. The SMILES string of the molecule is CC#CCCN(CC)CCCCN1CCn2nc(-c3ccc(F)cc3)c(C(/C=C\C(=O)N(C)c3ccccc3C)CCC)c21. The normalized spacial score (nSPS) is 13.3. The Morgan fingerprint density at radius 2 is 1.86 bits per heavy atom. The van der Waals surface area contributed by atoms with Gasteiger partial charge < -0.3 is 14.7 Å². The molecule has 0 saturated carbocycles. The Hall–Kier alpha value is -3.89.